The van der Waals surface area contributed by atoms with Gasteiger partial charge in [0.05, 0.1) is 23.1 Å². The number of hydrogen-bond donors (Lipinski definition) is 0. The molecule has 2 nitrogen and oxygen atoms in total. The number of rotatable bonds is 4. The topological polar surface area (TPSA) is 26.3 Å². The summed E-state index contributed by atoms with van der Waals surface area (Å²) in [5, 5.41) is 0.408. The van der Waals surface area contributed by atoms with Gasteiger partial charge in [-0.25, -0.2) is 4.39 Å². The molecule has 1 rings (SSSR count). The normalized spacial score (nSPS) is 10.8. The van der Waals surface area contributed by atoms with Crippen molar-refractivity contribution in [1.82, 2.24) is 0 Å². The van der Waals surface area contributed by atoms with Crippen molar-refractivity contribution in [1.29, 1.82) is 0 Å². The molecule has 0 aliphatic rings. The van der Waals surface area contributed by atoms with Gasteiger partial charge in [-0.1, -0.05) is 35.4 Å². The third-order valence-corrected chi connectivity index (χ3v) is 2.54. The Morgan fingerprint density at radius 2 is 2.00 bits per heavy atom. The lowest BCUT2D eigenvalue weighted by atomic mass is 10.2. The Hall–Kier alpha value is -1.06. The quantitative estimate of drug-likeness (QED) is 0.774. The van der Waals surface area contributed by atoms with Crippen LogP contribution in [0.3, 0.4) is 0 Å². The second kappa shape index (κ2) is 6.62. The molecule has 0 bridgehead atoms. The van der Waals surface area contributed by atoms with E-state index < -0.39 is 5.82 Å². The smallest absolute Gasteiger partial charge is 0.309 e. The Labute approximate surface area is 109 Å². The molecule has 0 atom stereocenters. The summed E-state index contributed by atoms with van der Waals surface area (Å²) in [6, 6.07) is 2.33. The molecular formula is C12H11Cl2FO2. The summed E-state index contributed by atoms with van der Waals surface area (Å²) in [5.74, 6) is -0.833. The lowest BCUT2D eigenvalue weighted by Crippen LogP contribution is -2.01. The second-order valence-corrected chi connectivity index (χ2v) is 4.01. The van der Waals surface area contributed by atoms with E-state index in [0.29, 0.717) is 12.2 Å². The molecule has 0 aromatic heterocycles. The largest absolute Gasteiger partial charge is 0.466 e. The summed E-state index contributed by atoms with van der Waals surface area (Å²) in [6.45, 7) is 2.07. The van der Waals surface area contributed by atoms with E-state index in [1.807, 2.05) is 0 Å². The summed E-state index contributed by atoms with van der Waals surface area (Å²) in [4.78, 5) is 11.1. The molecule has 1 aromatic carbocycles. The lowest BCUT2D eigenvalue weighted by molar-refractivity contribution is -0.142. The molecule has 0 fully saturated rings. The molecule has 0 saturated heterocycles. The van der Waals surface area contributed by atoms with E-state index in [-0.39, 0.29) is 22.4 Å². The molecule has 5 heteroatoms. The molecule has 1 aromatic rings. The average molecular weight is 277 g/mol. The van der Waals surface area contributed by atoms with Crippen molar-refractivity contribution in [3.05, 3.63) is 39.6 Å². The third-order valence-electron chi connectivity index (χ3n) is 1.92. The number of carbonyl (C=O) groups is 1. The van der Waals surface area contributed by atoms with Crippen molar-refractivity contribution < 1.29 is 13.9 Å². The summed E-state index contributed by atoms with van der Waals surface area (Å²) >= 11 is 11.6. The van der Waals surface area contributed by atoms with Crippen molar-refractivity contribution in [3.63, 3.8) is 0 Å². The molecule has 0 aliphatic carbocycles. The molecule has 0 saturated carbocycles. The van der Waals surface area contributed by atoms with Crippen molar-refractivity contribution in [3.8, 4) is 0 Å². The Balaban J connectivity index is 2.75. The van der Waals surface area contributed by atoms with Crippen LogP contribution < -0.4 is 0 Å². The van der Waals surface area contributed by atoms with Crippen LogP contribution in [-0.2, 0) is 9.53 Å². The molecule has 0 N–H and O–H groups in total. The number of halogens is 3. The zero-order chi connectivity index (χ0) is 12.8. The van der Waals surface area contributed by atoms with Gasteiger partial charge in [0.15, 0.2) is 0 Å². The first kappa shape index (κ1) is 14.0. The van der Waals surface area contributed by atoms with Gasteiger partial charge < -0.3 is 4.74 Å². The van der Waals surface area contributed by atoms with Crippen LogP contribution in [0.5, 0.6) is 0 Å². The van der Waals surface area contributed by atoms with Crippen molar-refractivity contribution in [2.24, 2.45) is 0 Å². The molecule has 0 radical (unpaired) electrons. The van der Waals surface area contributed by atoms with Gasteiger partial charge in [0.2, 0.25) is 0 Å². The lowest BCUT2D eigenvalue weighted by Gasteiger charge is -2.02. The molecule has 0 spiro atoms. The van der Waals surface area contributed by atoms with E-state index in [1.54, 1.807) is 19.1 Å². The van der Waals surface area contributed by atoms with Crippen LogP contribution in [0.4, 0.5) is 4.39 Å². The van der Waals surface area contributed by atoms with E-state index in [0.717, 1.165) is 12.1 Å². The predicted octanol–water partition coefficient (Wildman–Crippen LogP) is 4.10. The average Bonchev–Trinajstić information content (AvgIpc) is 2.22. The summed E-state index contributed by atoms with van der Waals surface area (Å²) in [7, 11) is 0. The van der Waals surface area contributed by atoms with Gasteiger partial charge in [-0.05, 0) is 19.1 Å². The molecule has 92 valence electrons. The summed E-state index contributed by atoms with van der Waals surface area (Å²) < 4.78 is 17.6. The minimum Gasteiger partial charge on any atom is -0.466 e. The van der Waals surface area contributed by atoms with Crippen LogP contribution in [0.25, 0.3) is 6.08 Å². The van der Waals surface area contributed by atoms with Crippen LogP contribution in [0.1, 0.15) is 18.9 Å². The van der Waals surface area contributed by atoms with E-state index in [9.17, 15) is 9.18 Å². The van der Waals surface area contributed by atoms with Crippen LogP contribution >= 0.6 is 23.2 Å². The molecule has 0 heterocycles. The maximum atomic E-state index is 12.9. The van der Waals surface area contributed by atoms with Gasteiger partial charge in [0, 0.05) is 5.56 Å². The zero-order valence-corrected chi connectivity index (χ0v) is 10.7. The van der Waals surface area contributed by atoms with Crippen LogP contribution in [-0.4, -0.2) is 12.6 Å². The Bertz CT molecular complexity index is 421. The number of ether oxygens (including phenoxy) is 1. The van der Waals surface area contributed by atoms with Crippen LogP contribution in [0, 0.1) is 5.82 Å². The monoisotopic (exact) mass is 276 g/mol. The SMILES string of the molecule is CCOC(=O)CC=Cc1c(Cl)cc(F)cc1Cl. The molecule has 0 aliphatic heterocycles. The molecule has 0 amide bonds. The number of carbonyl (C=O) groups excluding carboxylic acids is 1. The Kier molecular flexibility index (Phi) is 5.45. The minimum atomic E-state index is -0.498. The highest BCUT2D eigenvalue weighted by Gasteiger charge is 2.05. The fraction of sp³-hybridized carbons (Fsp3) is 0.250. The standard InChI is InChI=1S/C12H11Cl2FO2/c1-2-17-12(16)5-3-4-9-10(13)6-8(15)7-11(9)14/h3-4,6-7H,2,5H2,1H3. The molecule has 17 heavy (non-hydrogen) atoms. The fourth-order valence-electron chi connectivity index (χ4n) is 1.21. The highest BCUT2D eigenvalue weighted by molar-refractivity contribution is 6.37. The van der Waals surface area contributed by atoms with Gasteiger partial charge >= 0.3 is 5.97 Å². The fourth-order valence-corrected chi connectivity index (χ4v) is 1.79. The highest BCUT2D eigenvalue weighted by atomic mass is 35.5. The number of benzene rings is 1. The van der Waals surface area contributed by atoms with Gasteiger partial charge in [-0.2, -0.15) is 0 Å². The van der Waals surface area contributed by atoms with E-state index in [1.165, 1.54) is 0 Å². The first-order valence-corrected chi connectivity index (χ1v) is 5.77. The first-order valence-electron chi connectivity index (χ1n) is 5.01. The van der Waals surface area contributed by atoms with Gasteiger partial charge in [-0.3, -0.25) is 4.79 Å². The maximum Gasteiger partial charge on any atom is 0.309 e. The molecule has 0 unspecified atom stereocenters. The van der Waals surface area contributed by atoms with E-state index in [2.05, 4.69) is 0 Å². The van der Waals surface area contributed by atoms with Gasteiger partial charge in [-0.15, -0.1) is 0 Å². The third kappa shape index (κ3) is 4.36. The van der Waals surface area contributed by atoms with Gasteiger partial charge in [0.1, 0.15) is 5.82 Å². The Morgan fingerprint density at radius 3 is 2.53 bits per heavy atom. The number of hydrogen-bond acceptors (Lipinski definition) is 2. The van der Waals surface area contributed by atoms with Crippen molar-refractivity contribution in [2.45, 2.75) is 13.3 Å². The van der Waals surface area contributed by atoms with E-state index >= 15 is 0 Å². The summed E-state index contributed by atoms with van der Waals surface area (Å²) in [6.07, 6.45) is 3.27. The van der Waals surface area contributed by atoms with Crippen LogP contribution in [0.15, 0.2) is 18.2 Å². The predicted molar refractivity (Wildman–Crippen MR) is 66.7 cm³/mol. The van der Waals surface area contributed by atoms with Crippen molar-refractivity contribution in [2.75, 3.05) is 6.61 Å². The van der Waals surface area contributed by atoms with Gasteiger partial charge in [0.25, 0.3) is 0 Å². The minimum absolute atomic E-state index is 0.123. The maximum absolute atomic E-state index is 12.9. The van der Waals surface area contributed by atoms with E-state index in [4.69, 9.17) is 27.9 Å². The molecular weight excluding hydrogens is 266 g/mol. The van der Waals surface area contributed by atoms with Crippen LogP contribution in [0.2, 0.25) is 10.0 Å². The Morgan fingerprint density at radius 1 is 1.41 bits per heavy atom. The first-order chi connectivity index (χ1) is 8.04. The van der Waals surface area contributed by atoms with Crippen molar-refractivity contribution >= 4 is 35.2 Å². The second-order valence-electron chi connectivity index (χ2n) is 3.19. The zero-order valence-electron chi connectivity index (χ0n) is 9.17. The highest BCUT2D eigenvalue weighted by Crippen LogP contribution is 2.27. The number of esters is 1. The summed E-state index contributed by atoms with van der Waals surface area (Å²) in [5.41, 5.74) is 0.485.